The van der Waals surface area contributed by atoms with Gasteiger partial charge in [0.05, 0.1) is 0 Å². The van der Waals surface area contributed by atoms with Crippen molar-refractivity contribution in [3.63, 3.8) is 0 Å². The van der Waals surface area contributed by atoms with Gasteiger partial charge in [0.15, 0.2) is 6.10 Å². The summed E-state index contributed by atoms with van der Waals surface area (Å²) in [5.74, 6) is -0.938. The van der Waals surface area contributed by atoms with Crippen LogP contribution < -0.4 is 0 Å². The van der Waals surface area contributed by atoms with Crippen molar-refractivity contribution in [3.05, 3.63) is 122 Å². The van der Waals surface area contributed by atoms with Crippen LogP contribution in [0.3, 0.4) is 0 Å². The molecule has 0 spiro atoms. The van der Waals surface area contributed by atoms with Gasteiger partial charge < -0.3 is 14.2 Å². The molecule has 0 saturated heterocycles. The molecular formula is C71H118O6. The van der Waals surface area contributed by atoms with E-state index in [1.807, 2.05) is 0 Å². The van der Waals surface area contributed by atoms with Crippen molar-refractivity contribution < 1.29 is 28.6 Å². The number of allylic oxidation sites excluding steroid dienone is 20. The van der Waals surface area contributed by atoms with Gasteiger partial charge in [0, 0.05) is 19.3 Å². The normalized spacial score (nSPS) is 12.9. The van der Waals surface area contributed by atoms with Gasteiger partial charge in [0.25, 0.3) is 0 Å². The number of carbonyl (C=O) groups is 3. The third-order valence-electron chi connectivity index (χ3n) is 13.4. The smallest absolute Gasteiger partial charge is 0.306 e. The molecule has 0 bridgehead atoms. The lowest BCUT2D eigenvalue weighted by atomic mass is 10.0. The lowest BCUT2D eigenvalue weighted by Crippen LogP contribution is -2.30. The van der Waals surface area contributed by atoms with Crippen molar-refractivity contribution >= 4 is 17.9 Å². The summed E-state index contributed by atoms with van der Waals surface area (Å²) in [6, 6.07) is 0. The van der Waals surface area contributed by atoms with Crippen LogP contribution in [0.5, 0.6) is 0 Å². The Bertz CT molecular complexity index is 1600. The number of hydrogen-bond acceptors (Lipinski definition) is 6. The molecule has 438 valence electrons. The van der Waals surface area contributed by atoms with E-state index in [1.165, 1.54) is 122 Å². The highest BCUT2D eigenvalue weighted by molar-refractivity contribution is 5.71. The Balaban J connectivity index is 4.44. The first-order valence-corrected chi connectivity index (χ1v) is 32.0. The van der Waals surface area contributed by atoms with E-state index in [-0.39, 0.29) is 37.5 Å². The third-order valence-corrected chi connectivity index (χ3v) is 13.4. The molecule has 0 radical (unpaired) electrons. The number of rotatable bonds is 57. The number of ether oxygens (including phenoxy) is 3. The SMILES string of the molecule is CC/C=C\C/C=C\C/C=C\C/C=C\C/C=C\CCCCCC(=O)OC(COC(=O)CCCCCCCCC/C=C\C/C=C\C/C=C\CC)COC(=O)CCCCCCCCCCCCC/C=C\C/C=C\CCCCCCC. The Morgan fingerprint density at radius 1 is 0.273 bits per heavy atom. The zero-order valence-electron chi connectivity index (χ0n) is 50.2. The highest BCUT2D eigenvalue weighted by atomic mass is 16.6. The Labute approximate surface area is 475 Å². The second-order valence-electron chi connectivity index (χ2n) is 20.9. The summed E-state index contributed by atoms with van der Waals surface area (Å²) in [7, 11) is 0. The Morgan fingerprint density at radius 3 is 0.805 bits per heavy atom. The Hall–Kier alpha value is -4.19. The Kier molecular flexibility index (Phi) is 60.8. The predicted molar refractivity (Wildman–Crippen MR) is 334 cm³/mol. The van der Waals surface area contributed by atoms with Crippen molar-refractivity contribution in [2.75, 3.05) is 13.2 Å². The van der Waals surface area contributed by atoms with Gasteiger partial charge in [0.1, 0.15) is 13.2 Å². The van der Waals surface area contributed by atoms with E-state index in [9.17, 15) is 14.4 Å². The van der Waals surface area contributed by atoms with Crippen molar-refractivity contribution in [1.29, 1.82) is 0 Å². The van der Waals surface area contributed by atoms with E-state index in [0.717, 1.165) is 128 Å². The summed E-state index contributed by atoms with van der Waals surface area (Å²) >= 11 is 0. The average molecular weight is 1070 g/mol. The fourth-order valence-corrected chi connectivity index (χ4v) is 8.69. The van der Waals surface area contributed by atoms with Gasteiger partial charge >= 0.3 is 17.9 Å². The molecule has 0 aliphatic rings. The van der Waals surface area contributed by atoms with Crippen molar-refractivity contribution in [2.24, 2.45) is 0 Å². The van der Waals surface area contributed by atoms with Gasteiger partial charge in [-0.2, -0.15) is 0 Å². The molecular weight excluding hydrogens is 949 g/mol. The minimum Gasteiger partial charge on any atom is -0.462 e. The van der Waals surface area contributed by atoms with Gasteiger partial charge in [-0.15, -0.1) is 0 Å². The molecule has 0 aromatic carbocycles. The molecule has 0 amide bonds. The molecule has 0 saturated carbocycles. The van der Waals surface area contributed by atoms with Crippen molar-refractivity contribution in [1.82, 2.24) is 0 Å². The highest BCUT2D eigenvalue weighted by Gasteiger charge is 2.19. The maximum absolute atomic E-state index is 12.9. The van der Waals surface area contributed by atoms with E-state index >= 15 is 0 Å². The molecule has 0 rings (SSSR count). The minimum absolute atomic E-state index is 0.0979. The van der Waals surface area contributed by atoms with E-state index in [2.05, 4.69) is 142 Å². The minimum atomic E-state index is -0.806. The predicted octanol–water partition coefficient (Wildman–Crippen LogP) is 22.0. The van der Waals surface area contributed by atoms with Crippen LogP contribution in [0.25, 0.3) is 0 Å². The summed E-state index contributed by atoms with van der Waals surface area (Å²) in [5.41, 5.74) is 0. The molecule has 6 nitrogen and oxygen atoms in total. The van der Waals surface area contributed by atoms with Gasteiger partial charge in [-0.1, -0.05) is 264 Å². The molecule has 0 aromatic rings. The molecule has 77 heavy (non-hydrogen) atoms. The third kappa shape index (κ3) is 62.5. The fourth-order valence-electron chi connectivity index (χ4n) is 8.69. The maximum Gasteiger partial charge on any atom is 0.306 e. The van der Waals surface area contributed by atoms with Gasteiger partial charge in [-0.3, -0.25) is 14.4 Å². The van der Waals surface area contributed by atoms with Crippen LogP contribution in [0.1, 0.15) is 290 Å². The van der Waals surface area contributed by atoms with Crippen LogP contribution in [-0.2, 0) is 28.6 Å². The van der Waals surface area contributed by atoms with Crippen LogP contribution in [0, 0.1) is 0 Å². The van der Waals surface area contributed by atoms with Crippen LogP contribution in [0.4, 0.5) is 0 Å². The molecule has 0 aromatic heterocycles. The number of unbranched alkanes of at least 4 members (excludes halogenated alkanes) is 26. The molecule has 0 heterocycles. The number of hydrogen-bond donors (Lipinski definition) is 0. The molecule has 0 fully saturated rings. The van der Waals surface area contributed by atoms with Crippen molar-refractivity contribution in [3.8, 4) is 0 Å². The van der Waals surface area contributed by atoms with Crippen LogP contribution >= 0.6 is 0 Å². The number of carbonyl (C=O) groups excluding carboxylic acids is 3. The first-order chi connectivity index (χ1) is 38.0. The van der Waals surface area contributed by atoms with E-state index < -0.39 is 6.10 Å². The largest absolute Gasteiger partial charge is 0.462 e. The molecule has 1 unspecified atom stereocenters. The molecule has 1 atom stereocenters. The second-order valence-corrected chi connectivity index (χ2v) is 20.9. The first-order valence-electron chi connectivity index (χ1n) is 32.0. The lowest BCUT2D eigenvalue weighted by molar-refractivity contribution is -0.167. The van der Waals surface area contributed by atoms with Gasteiger partial charge in [-0.05, 0) is 128 Å². The van der Waals surface area contributed by atoms with Crippen LogP contribution in [-0.4, -0.2) is 37.2 Å². The molecule has 0 aliphatic heterocycles. The standard InChI is InChI=1S/C71H118O6/c1-4-7-10-13-16-19-22-25-28-31-33-34-35-36-38-40-43-46-49-52-55-58-61-64-70(73)76-67-68(66-75-69(72)63-60-57-54-51-48-45-42-39-30-27-24-21-18-15-12-9-6-3)77-71(74)65-62-59-56-53-50-47-44-41-37-32-29-26-23-20-17-14-11-8-5-2/h8-9,11-12,17-18,20-22,25-27,29-31,33,37,41,47,50,68H,4-7,10,13-16,19,23-24,28,32,34-36,38-40,42-46,48-49,51-67H2,1-3H3/b11-8-,12-9-,20-17-,21-18-,25-22-,29-26-,30-27-,33-31-,41-37-,50-47-. The van der Waals surface area contributed by atoms with Crippen molar-refractivity contribution in [2.45, 2.75) is 297 Å². The average Bonchev–Trinajstić information content (AvgIpc) is 3.43. The summed E-state index contributed by atoms with van der Waals surface area (Å²) in [4.78, 5) is 38.4. The van der Waals surface area contributed by atoms with Crippen LogP contribution in [0.2, 0.25) is 0 Å². The molecule has 0 aliphatic carbocycles. The lowest BCUT2D eigenvalue weighted by Gasteiger charge is -2.18. The second kappa shape index (κ2) is 64.3. The van der Waals surface area contributed by atoms with E-state index in [1.54, 1.807) is 0 Å². The Morgan fingerprint density at radius 2 is 0.506 bits per heavy atom. The monoisotopic (exact) mass is 1070 g/mol. The number of esters is 3. The molecule has 0 N–H and O–H groups in total. The van der Waals surface area contributed by atoms with E-state index in [0.29, 0.717) is 12.8 Å². The summed E-state index contributed by atoms with van der Waals surface area (Å²) in [5, 5.41) is 0. The summed E-state index contributed by atoms with van der Waals surface area (Å²) < 4.78 is 16.9. The molecule has 6 heteroatoms. The van der Waals surface area contributed by atoms with Gasteiger partial charge in [0.2, 0.25) is 0 Å². The summed E-state index contributed by atoms with van der Waals surface area (Å²) in [6.07, 6.45) is 89.1. The zero-order valence-corrected chi connectivity index (χ0v) is 50.2. The maximum atomic E-state index is 12.9. The highest BCUT2D eigenvalue weighted by Crippen LogP contribution is 2.15. The van der Waals surface area contributed by atoms with E-state index in [4.69, 9.17) is 14.2 Å². The van der Waals surface area contributed by atoms with Gasteiger partial charge in [-0.25, -0.2) is 0 Å². The summed E-state index contributed by atoms with van der Waals surface area (Å²) in [6.45, 7) is 6.39. The fraction of sp³-hybridized carbons (Fsp3) is 0.676. The van der Waals surface area contributed by atoms with Crippen LogP contribution in [0.15, 0.2) is 122 Å². The topological polar surface area (TPSA) is 78.9 Å². The quantitative estimate of drug-likeness (QED) is 0.0261. The first kappa shape index (κ1) is 72.8. The zero-order chi connectivity index (χ0) is 55.7.